The van der Waals surface area contributed by atoms with Gasteiger partial charge in [0.15, 0.2) is 60.6 Å². The van der Waals surface area contributed by atoms with E-state index in [1.807, 2.05) is 0 Å². The zero-order chi connectivity index (χ0) is 68.9. The van der Waals surface area contributed by atoms with Gasteiger partial charge in [-0.3, -0.25) is 9.59 Å². The fourth-order valence-corrected chi connectivity index (χ4v) is 15.0. The van der Waals surface area contributed by atoms with Gasteiger partial charge in [-0.15, -0.1) is 0 Å². The number of carbonyl (C=O) groups is 3. The number of carbonyl (C=O) groups excluding carboxylic acids is 3. The highest BCUT2D eigenvalue weighted by atomic mass is 35.5. The molecule has 0 radical (unpaired) electrons. The van der Waals surface area contributed by atoms with Gasteiger partial charge in [-0.05, 0) is 61.0 Å². The number of methoxy groups -OCH3 is 4. The number of hydrogen-bond donors (Lipinski definition) is 5. The highest BCUT2D eigenvalue weighted by Gasteiger charge is 2.73. The van der Waals surface area contributed by atoms with Crippen LogP contribution in [0.25, 0.3) is 0 Å². The summed E-state index contributed by atoms with van der Waals surface area (Å²) >= 11 is 12.4. The third-order valence-corrected chi connectivity index (χ3v) is 20.2. The second-order valence-corrected chi connectivity index (χ2v) is 27.0. The minimum Gasteiger partial charge on any atom is -0.870 e. The minimum absolute atomic E-state index is 0.000217. The summed E-state index contributed by atoms with van der Waals surface area (Å²) < 4.78 is 142. The smallest absolute Gasteiger partial charge is 0.342 e. The molecule has 95 heavy (non-hydrogen) atoms. The molecule has 34 heteroatoms. The number of halogens is 2. The van der Waals surface area contributed by atoms with Crippen LogP contribution in [0.2, 0.25) is 10.0 Å². The maximum Gasteiger partial charge on any atom is 0.342 e. The Bertz CT molecular complexity index is 2890. The normalized spacial score (nSPS) is 47.3. The first-order valence-corrected chi connectivity index (χ1v) is 32.4. The van der Waals surface area contributed by atoms with E-state index in [9.17, 15) is 45.0 Å². The number of Topliss-reactive ketones (excluding diaryl/α,β-unsaturated/α-hetero) is 1. The molecular formula is C61H87Cl2O32-. The van der Waals surface area contributed by atoms with E-state index in [2.05, 4.69) is 0 Å². The molecule has 10 aliphatic rings. The van der Waals surface area contributed by atoms with E-state index in [0.29, 0.717) is 0 Å². The maximum absolute atomic E-state index is 13.5. The third-order valence-electron chi connectivity index (χ3n) is 19.4. The number of esters is 2. The summed E-state index contributed by atoms with van der Waals surface area (Å²) in [5, 5.41) is 71.0. The van der Waals surface area contributed by atoms with Crippen molar-refractivity contribution >= 4 is 40.9 Å². The summed E-state index contributed by atoms with van der Waals surface area (Å²) in [7, 11) is 5.32. The Morgan fingerprint density at radius 2 is 1.35 bits per heavy atom. The highest BCUT2D eigenvalue weighted by Crippen LogP contribution is 2.53. The van der Waals surface area contributed by atoms with Gasteiger partial charge in [0.25, 0.3) is 5.97 Å². The van der Waals surface area contributed by atoms with Crippen molar-refractivity contribution in [1.82, 2.24) is 0 Å². The van der Waals surface area contributed by atoms with Gasteiger partial charge in [0.05, 0.1) is 80.4 Å². The first kappa shape index (κ1) is 73.2. The van der Waals surface area contributed by atoms with Crippen molar-refractivity contribution in [1.29, 1.82) is 0 Å². The second kappa shape index (κ2) is 28.4. The molecule has 10 heterocycles. The highest BCUT2D eigenvalue weighted by molar-refractivity contribution is 6.39. The number of aliphatic hydroxyl groups excluding tert-OH is 4. The van der Waals surface area contributed by atoms with Crippen LogP contribution in [-0.4, -0.2) is 281 Å². The Morgan fingerprint density at radius 1 is 0.663 bits per heavy atom. The Hall–Kier alpha value is -2.99. The van der Waals surface area contributed by atoms with E-state index in [4.69, 9.17) is 132 Å². The molecule has 2 spiro atoms. The van der Waals surface area contributed by atoms with Gasteiger partial charge in [-0.2, -0.15) is 0 Å². The van der Waals surface area contributed by atoms with Crippen molar-refractivity contribution in [2.45, 2.75) is 277 Å². The maximum atomic E-state index is 13.5. The van der Waals surface area contributed by atoms with E-state index >= 15 is 0 Å². The number of hydrogen-bond acceptors (Lipinski definition) is 32. The molecule has 5 N–H and O–H groups in total. The van der Waals surface area contributed by atoms with Crippen molar-refractivity contribution < 1.29 is 154 Å². The topological polar surface area (TPSA) is 388 Å². The lowest BCUT2D eigenvalue weighted by atomic mass is 9.81. The monoisotopic (exact) mass is 1400 g/mol. The van der Waals surface area contributed by atoms with Crippen LogP contribution in [0.3, 0.4) is 0 Å². The average Bonchev–Trinajstić information content (AvgIpc) is 1.59. The van der Waals surface area contributed by atoms with Crippen molar-refractivity contribution in [3.63, 3.8) is 0 Å². The standard InChI is InChI=1S/C61H88Cl2O32/c1-21(2)53(70)87-49-45-32(92-61(93-45)52-51(78-20-79-52)60(72,27(8)64)28(9)91-61)19-77-56(49)89-57-48(76-14)39(68)44(31(83-57)18-73-11)88-55-40(69)47(43(74-12)24(5)82-55)85-34-17-58(10)50(26(7)81-34)94-59(95-58)16-30(66)42(25(6)90-59)84-33-15-29(65)41(23(4)80-33)86-54(71)35-22(3)36(62)38(67)37(63)46(35)75-13/h21,23-26,28-34,39-45,47-52,55-57,65-69,72H,15-20H2,1-14H3/p-1/t23-,24-,25-,26-,28-,29-,30+,31-,32+,33+,34+,39+,40-,41-,42-,43+,44-,45-,47-,48+,49-,50-,51?,52?,55+,56+,57+,58-,59?,60+,61-/m1/s1. The average molecular weight is 1400 g/mol. The van der Waals surface area contributed by atoms with E-state index in [0.717, 1.165) is 0 Å². The molecule has 0 amide bonds. The van der Waals surface area contributed by atoms with Gasteiger partial charge in [0.1, 0.15) is 91.2 Å². The summed E-state index contributed by atoms with van der Waals surface area (Å²) in [5.74, 6) is -7.76. The second-order valence-electron chi connectivity index (χ2n) is 26.2. The molecule has 1 aromatic rings. The molecule has 538 valence electrons. The molecule has 0 saturated carbocycles. The van der Waals surface area contributed by atoms with Crippen molar-refractivity contribution in [2.24, 2.45) is 5.92 Å². The Balaban J connectivity index is 0.722. The van der Waals surface area contributed by atoms with E-state index in [1.165, 1.54) is 49.2 Å². The van der Waals surface area contributed by atoms with Crippen LogP contribution >= 0.6 is 23.2 Å². The molecule has 31 atom stereocenters. The lowest BCUT2D eigenvalue weighted by molar-refractivity contribution is -0.428. The van der Waals surface area contributed by atoms with Gasteiger partial charge < -0.3 is 140 Å². The summed E-state index contributed by atoms with van der Waals surface area (Å²) in [6, 6.07) is 0. The fraction of sp³-hybridized carbons (Fsp3) is 0.852. The predicted octanol–water partition coefficient (Wildman–Crippen LogP) is 0.420. The molecule has 11 rings (SSSR count). The predicted molar refractivity (Wildman–Crippen MR) is 310 cm³/mol. The molecule has 10 aliphatic heterocycles. The zero-order valence-electron chi connectivity index (χ0n) is 54.9. The summed E-state index contributed by atoms with van der Waals surface area (Å²) in [6.07, 6.45) is -32.9. The number of rotatable bonds is 18. The van der Waals surface area contributed by atoms with Crippen LogP contribution in [0.15, 0.2) is 0 Å². The fourth-order valence-electron chi connectivity index (χ4n) is 14.5. The quantitative estimate of drug-likeness (QED) is 0.124. The third kappa shape index (κ3) is 13.4. The molecule has 32 nitrogen and oxygen atoms in total. The van der Waals surface area contributed by atoms with Crippen molar-refractivity contribution in [3.05, 3.63) is 21.2 Å². The van der Waals surface area contributed by atoms with Crippen LogP contribution in [0, 0.1) is 12.8 Å². The van der Waals surface area contributed by atoms with Gasteiger partial charge in [-0.25, -0.2) is 4.79 Å². The first-order chi connectivity index (χ1) is 44.9. The van der Waals surface area contributed by atoms with Gasteiger partial charge in [-0.1, -0.05) is 42.8 Å². The first-order valence-electron chi connectivity index (χ1n) is 31.7. The van der Waals surface area contributed by atoms with Crippen LogP contribution in [0.4, 0.5) is 0 Å². The number of benzene rings is 1. The largest absolute Gasteiger partial charge is 0.870 e. The Morgan fingerprint density at radius 3 is 2.00 bits per heavy atom. The Labute approximate surface area is 557 Å². The Kier molecular flexibility index (Phi) is 21.9. The molecule has 0 aromatic heterocycles. The van der Waals surface area contributed by atoms with E-state index < -0.39 is 223 Å². The van der Waals surface area contributed by atoms with Gasteiger partial charge >= 0.3 is 17.9 Å². The molecular weight excluding hydrogens is 1320 g/mol. The molecule has 3 unspecified atom stereocenters. The van der Waals surface area contributed by atoms with Crippen LogP contribution in [-0.2, 0) is 114 Å². The molecule has 10 fully saturated rings. The zero-order valence-corrected chi connectivity index (χ0v) is 56.4. The van der Waals surface area contributed by atoms with Crippen LogP contribution in [0.1, 0.15) is 97.5 Å². The molecule has 10 saturated heterocycles. The lowest BCUT2D eigenvalue weighted by Crippen LogP contribution is -2.72. The summed E-state index contributed by atoms with van der Waals surface area (Å²) in [6.45, 7) is 14.9. The molecule has 1 aromatic carbocycles. The van der Waals surface area contributed by atoms with Crippen molar-refractivity contribution in [2.75, 3.05) is 48.4 Å². The van der Waals surface area contributed by atoms with Gasteiger partial charge in [0.2, 0.25) is 6.29 Å². The molecule has 0 aliphatic carbocycles. The number of ether oxygens (including phenoxy) is 23. The minimum atomic E-state index is -2.13. The van der Waals surface area contributed by atoms with Gasteiger partial charge in [0, 0.05) is 39.2 Å². The van der Waals surface area contributed by atoms with Crippen molar-refractivity contribution in [3.8, 4) is 11.5 Å². The SMILES string of the molecule is COC[C@H]1O[C@@H](O[C@@H]2OC[C@@H]3O[C@]4(O[C@H]3[C@H]2OC(=O)C(C)C)O[C@H](C)[C@@](O)(C(C)=O)C2OCOC24)[C@@H](OC)[C@@H](O)[C@@H]1O[C@@H]1O[C@H](C)[C@H](OC)[C@H](O[C@H]2C[C@@]3(C)OC4(C[C@H](O)[C@H](O[C@H]5C[C@@H](O)[C@H](OC(=O)c6c(C)c(Cl)c([O-])c(Cl)c6OC)[C@@H](C)O5)[C@@H](C)O4)O[C@@H]3[C@@H](C)O2)[C@H]1O. The summed E-state index contributed by atoms with van der Waals surface area (Å²) in [4.78, 5) is 39.8. The van der Waals surface area contributed by atoms with E-state index in [-0.39, 0.29) is 61.2 Å². The molecule has 0 bridgehead atoms. The number of aliphatic hydroxyl groups is 5. The number of ketones is 1. The van der Waals surface area contributed by atoms with Crippen LogP contribution in [0.5, 0.6) is 11.5 Å². The summed E-state index contributed by atoms with van der Waals surface area (Å²) in [5.41, 5.74) is -3.45. The number of fused-ring (bicyclic) bond motifs is 4. The van der Waals surface area contributed by atoms with Crippen LogP contribution < -0.4 is 9.84 Å². The van der Waals surface area contributed by atoms with E-state index in [1.54, 1.807) is 48.5 Å². The lowest BCUT2D eigenvalue weighted by Gasteiger charge is -2.49.